The molecule has 1 aromatic carbocycles. The average Bonchev–Trinajstić information content (AvgIpc) is 2.57. The molecule has 1 saturated heterocycles. The molecule has 0 amide bonds. The van der Waals surface area contributed by atoms with Gasteiger partial charge >= 0.3 is 0 Å². The first-order valence-electron chi connectivity index (χ1n) is 5.49. The molecule has 1 aliphatic rings. The maximum absolute atomic E-state index is 13.8. The molecular formula is C12H15ClFNO. The van der Waals surface area contributed by atoms with Gasteiger partial charge in [-0.15, -0.1) is 11.6 Å². The number of nitrogens with zero attached hydrogens (tertiary/aromatic N) is 1. The SMILES string of the molecule is Fc1cccc(CCl)c1N1CCCOCC1. The van der Waals surface area contributed by atoms with Gasteiger partial charge in [0.2, 0.25) is 0 Å². The van der Waals surface area contributed by atoms with Gasteiger partial charge in [-0.3, -0.25) is 0 Å². The van der Waals surface area contributed by atoms with Gasteiger partial charge < -0.3 is 9.64 Å². The van der Waals surface area contributed by atoms with Crippen LogP contribution < -0.4 is 4.90 Å². The Morgan fingerprint density at radius 1 is 1.31 bits per heavy atom. The summed E-state index contributed by atoms with van der Waals surface area (Å²) >= 11 is 5.84. The van der Waals surface area contributed by atoms with Gasteiger partial charge in [0, 0.05) is 25.6 Å². The third-order valence-corrected chi connectivity index (χ3v) is 3.04. The summed E-state index contributed by atoms with van der Waals surface area (Å²) in [7, 11) is 0. The van der Waals surface area contributed by atoms with Gasteiger partial charge in [0.25, 0.3) is 0 Å². The van der Waals surface area contributed by atoms with Gasteiger partial charge in [-0.1, -0.05) is 12.1 Å². The highest BCUT2D eigenvalue weighted by Crippen LogP contribution is 2.26. The molecule has 1 heterocycles. The molecule has 16 heavy (non-hydrogen) atoms. The van der Waals surface area contributed by atoms with Crippen LogP contribution in [-0.2, 0) is 10.6 Å². The molecule has 1 fully saturated rings. The lowest BCUT2D eigenvalue weighted by molar-refractivity contribution is 0.152. The predicted molar refractivity (Wildman–Crippen MR) is 63.6 cm³/mol. The predicted octanol–water partition coefficient (Wildman–Crippen LogP) is 2.79. The highest BCUT2D eigenvalue weighted by Gasteiger charge is 2.17. The molecule has 0 spiro atoms. The molecule has 0 aromatic heterocycles. The molecule has 0 aliphatic carbocycles. The number of hydrogen-bond acceptors (Lipinski definition) is 2. The normalized spacial score (nSPS) is 17.2. The van der Waals surface area contributed by atoms with Gasteiger partial charge in [0.15, 0.2) is 0 Å². The van der Waals surface area contributed by atoms with Crippen LogP contribution in [0.25, 0.3) is 0 Å². The lowest BCUT2D eigenvalue weighted by Crippen LogP contribution is -2.27. The maximum Gasteiger partial charge on any atom is 0.146 e. The molecule has 2 nitrogen and oxygen atoms in total. The second-order valence-corrected chi connectivity index (χ2v) is 4.10. The number of alkyl halides is 1. The summed E-state index contributed by atoms with van der Waals surface area (Å²) in [4.78, 5) is 2.03. The zero-order valence-electron chi connectivity index (χ0n) is 9.09. The lowest BCUT2D eigenvalue weighted by atomic mass is 10.1. The Morgan fingerprint density at radius 2 is 2.19 bits per heavy atom. The Hall–Kier alpha value is -0.800. The van der Waals surface area contributed by atoms with Gasteiger partial charge in [0.05, 0.1) is 12.3 Å². The molecule has 2 rings (SSSR count). The molecular weight excluding hydrogens is 229 g/mol. The van der Waals surface area contributed by atoms with Crippen molar-refractivity contribution in [2.24, 2.45) is 0 Å². The van der Waals surface area contributed by atoms with Crippen molar-refractivity contribution in [3.63, 3.8) is 0 Å². The topological polar surface area (TPSA) is 12.5 Å². The maximum atomic E-state index is 13.8. The number of rotatable bonds is 2. The number of ether oxygens (including phenoxy) is 1. The van der Waals surface area contributed by atoms with Gasteiger partial charge in [-0.2, -0.15) is 0 Å². The zero-order valence-corrected chi connectivity index (χ0v) is 9.84. The fraction of sp³-hybridized carbons (Fsp3) is 0.500. The van der Waals surface area contributed by atoms with E-state index in [1.54, 1.807) is 6.07 Å². The Bertz CT molecular complexity index is 351. The zero-order chi connectivity index (χ0) is 11.4. The minimum atomic E-state index is -0.194. The van der Waals surface area contributed by atoms with E-state index < -0.39 is 0 Å². The van der Waals surface area contributed by atoms with E-state index in [2.05, 4.69) is 0 Å². The summed E-state index contributed by atoms with van der Waals surface area (Å²) in [5.41, 5.74) is 1.49. The Kier molecular flexibility index (Phi) is 4.02. The van der Waals surface area contributed by atoms with Crippen LogP contribution in [-0.4, -0.2) is 26.3 Å². The van der Waals surface area contributed by atoms with Gasteiger partial charge in [-0.05, 0) is 18.1 Å². The van der Waals surface area contributed by atoms with Crippen molar-refractivity contribution in [1.82, 2.24) is 0 Å². The highest BCUT2D eigenvalue weighted by molar-refractivity contribution is 6.17. The van der Waals surface area contributed by atoms with Crippen LogP contribution in [0.3, 0.4) is 0 Å². The van der Waals surface area contributed by atoms with Crippen molar-refractivity contribution in [3.8, 4) is 0 Å². The smallest absolute Gasteiger partial charge is 0.146 e. The minimum absolute atomic E-state index is 0.194. The molecule has 0 radical (unpaired) electrons. The van der Waals surface area contributed by atoms with E-state index in [0.29, 0.717) is 18.2 Å². The van der Waals surface area contributed by atoms with Crippen molar-refractivity contribution < 1.29 is 9.13 Å². The second kappa shape index (κ2) is 5.51. The summed E-state index contributed by atoms with van der Waals surface area (Å²) in [5, 5.41) is 0. The Morgan fingerprint density at radius 3 is 3.00 bits per heavy atom. The number of benzene rings is 1. The van der Waals surface area contributed by atoms with Gasteiger partial charge in [-0.25, -0.2) is 4.39 Å². The molecule has 1 aromatic rings. The number of para-hydroxylation sites is 1. The molecule has 0 N–H and O–H groups in total. The third kappa shape index (κ3) is 2.47. The largest absolute Gasteiger partial charge is 0.380 e. The molecule has 0 saturated carbocycles. The Labute approximate surface area is 100.0 Å². The van der Waals surface area contributed by atoms with Crippen molar-refractivity contribution in [1.29, 1.82) is 0 Å². The first-order valence-corrected chi connectivity index (χ1v) is 6.02. The first-order chi connectivity index (χ1) is 7.83. The van der Waals surface area contributed by atoms with Crippen molar-refractivity contribution in [2.75, 3.05) is 31.2 Å². The number of anilines is 1. The van der Waals surface area contributed by atoms with Crippen LogP contribution in [0.2, 0.25) is 0 Å². The third-order valence-electron chi connectivity index (χ3n) is 2.75. The highest BCUT2D eigenvalue weighted by atomic mass is 35.5. The van der Waals surface area contributed by atoms with E-state index in [0.717, 1.165) is 31.7 Å². The summed E-state index contributed by atoms with van der Waals surface area (Å²) in [6.07, 6.45) is 0.927. The van der Waals surface area contributed by atoms with Crippen molar-refractivity contribution in [3.05, 3.63) is 29.6 Å². The summed E-state index contributed by atoms with van der Waals surface area (Å²) < 4.78 is 19.2. The molecule has 0 bridgehead atoms. The number of hydrogen-bond donors (Lipinski definition) is 0. The average molecular weight is 244 g/mol. The standard InChI is InChI=1S/C12H15ClFNO/c13-9-10-3-1-4-11(14)12(10)15-5-2-7-16-8-6-15/h1,3-4H,2,5-9H2. The molecule has 1 aliphatic heterocycles. The Balaban J connectivity index is 2.29. The van der Waals surface area contributed by atoms with E-state index in [1.807, 2.05) is 11.0 Å². The van der Waals surface area contributed by atoms with Crippen molar-refractivity contribution >= 4 is 17.3 Å². The van der Waals surface area contributed by atoms with Crippen LogP contribution in [0.15, 0.2) is 18.2 Å². The summed E-state index contributed by atoms with van der Waals surface area (Å²) in [6, 6.07) is 5.05. The van der Waals surface area contributed by atoms with E-state index in [4.69, 9.17) is 16.3 Å². The van der Waals surface area contributed by atoms with Crippen LogP contribution in [0, 0.1) is 5.82 Å². The fourth-order valence-corrected chi connectivity index (χ4v) is 2.21. The van der Waals surface area contributed by atoms with E-state index in [9.17, 15) is 4.39 Å². The minimum Gasteiger partial charge on any atom is -0.380 e. The molecule has 4 heteroatoms. The van der Waals surface area contributed by atoms with Crippen LogP contribution in [0.5, 0.6) is 0 Å². The lowest BCUT2D eigenvalue weighted by Gasteiger charge is -2.24. The van der Waals surface area contributed by atoms with Crippen LogP contribution in [0.1, 0.15) is 12.0 Å². The second-order valence-electron chi connectivity index (χ2n) is 3.83. The molecule has 0 atom stereocenters. The molecule has 0 unspecified atom stereocenters. The summed E-state index contributed by atoms with van der Waals surface area (Å²) in [5.74, 6) is 0.143. The number of halogens is 2. The molecule has 88 valence electrons. The van der Waals surface area contributed by atoms with E-state index >= 15 is 0 Å². The first kappa shape index (κ1) is 11.7. The fourth-order valence-electron chi connectivity index (χ4n) is 1.99. The van der Waals surface area contributed by atoms with Crippen LogP contribution in [0.4, 0.5) is 10.1 Å². The van der Waals surface area contributed by atoms with Gasteiger partial charge in [0.1, 0.15) is 5.82 Å². The quantitative estimate of drug-likeness (QED) is 0.741. The van der Waals surface area contributed by atoms with Crippen LogP contribution >= 0.6 is 11.6 Å². The monoisotopic (exact) mass is 243 g/mol. The van der Waals surface area contributed by atoms with E-state index in [1.165, 1.54) is 6.07 Å². The summed E-state index contributed by atoms with van der Waals surface area (Å²) in [6.45, 7) is 2.95. The van der Waals surface area contributed by atoms with Crippen molar-refractivity contribution in [2.45, 2.75) is 12.3 Å². The van der Waals surface area contributed by atoms with E-state index in [-0.39, 0.29) is 5.82 Å².